The zero-order chi connectivity index (χ0) is 13.2. The molecule has 1 aliphatic heterocycles. The van der Waals surface area contributed by atoms with E-state index in [1.54, 1.807) is 0 Å². The Morgan fingerprint density at radius 1 is 1.37 bits per heavy atom. The van der Waals surface area contributed by atoms with E-state index >= 15 is 0 Å². The van der Waals surface area contributed by atoms with Gasteiger partial charge in [-0.2, -0.15) is 5.10 Å². The first-order valence-corrected chi connectivity index (χ1v) is 7.41. The van der Waals surface area contributed by atoms with Gasteiger partial charge in [-0.25, -0.2) is 0 Å². The summed E-state index contributed by atoms with van der Waals surface area (Å²) in [5.41, 5.74) is 2.51. The van der Waals surface area contributed by atoms with Crippen LogP contribution in [0, 0.1) is 5.92 Å². The third kappa shape index (κ3) is 2.89. The maximum atomic E-state index is 5.85. The van der Waals surface area contributed by atoms with E-state index in [4.69, 9.17) is 4.74 Å². The van der Waals surface area contributed by atoms with Crippen LogP contribution in [0.15, 0.2) is 6.07 Å². The maximum Gasteiger partial charge on any atom is 0.233 e. The molecule has 2 unspecified atom stereocenters. The molecule has 2 heterocycles. The molecule has 19 heavy (non-hydrogen) atoms. The number of hydrogen-bond acceptors (Lipinski definition) is 4. The second kappa shape index (κ2) is 5.45. The highest BCUT2D eigenvalue weighted by molar-refractivity contribution is 5.26. The van der Waals surface area contributed by atoms with Crippen LogP contribution in [0.4, 0.5) is 0 Å². The topological polar surface area (TPSA) is 38.3 Å². The molecule has 0 spiro atoms. The lowest BCUT2D eigenvalue weighted by Crippen LogP contribution is -2.30. The van der Waals surface area contributed by atoms with Gasteiger partial charge in [0.15, 0.2) is 0 Å². The van der Waals surface area contributed by atoms with Gasteiger partial charge in [-0.1, -0.05) is 6.92 Å². The standard InChI is InChI=1S/C15H23N3O/c1-11-5-6-14-12(8-11)9-15(17-16-14)19-10-13-4-3-7-18(13)2/h9,11,13H,3-8,10H2,1-2H3. The predicted molar refractivity (Wildman–Crippen MR) is 74.4 cm³/mol. The molecule has 1 aromatic rings. The van der Waals surface area contributed by atoms with Gasteiger partial charge >= 0.3 is 0 Å². The minimum atomic E-state index is 0.539. The fraction of sp³-hybridized carbons (Fsp3) is 0.733. The molecule has 0 saturated carbocycles. The van der Waals surface area contributed by atoms with E-state index in [9.17, 15) is 0 Å². The highest BCUT2D eigenvalue weighted by Crippen LogP contribution is 2.25. The number of aryl methyl sites for hydroxylation is 1. The molecule has 0 amide bonds. The Hall–Kier alpha value is -1.16. The summed E-state index contributed by atoms with van der Waals surface area (Å²) in [5.74, 6) is 1.46. The van der Waals surface area contributed by atoms with Crippen LogP contribution >= 0.6 is 0 Å². The SMILES string of the molecule is CC1CCc2nnc(OCC3CCCN3C)cc2C1. The summed E-state index contributed by atoms with van der Waals surface area (Å²) in [7, 11) is 2.17. The zero-order valence-electron chi connectivity index (χ0n) is 11.9. The van der Waals surface area contributed by atoms with Crippen LogP contribution < -0.4 is 4.74 Å². The van der Waals surface area contributed by atoms with Crippen molar-refractivity contribution in [1.29, 1.82) is 0 Å². The number of nitrogens with zero attached hydrogens (tertiary/aromatic N) is 3. The molecule has 104 valence electrons. The number of ether oxygens (including phenoxy) is 1. The fourth-order valence-electron chi connectivity index (χ4n) is 3.12. The van der Waals surface area contributed by atoms with E-state index in [0.29, 0.717) is 11.9 Å². The molecular weight excluding hydrogens is 238 g/mol. The maximum absolute atomic E-state index is 5.85. The van der Waals surface area contributed by atoms with Crippen molar-refractivity contribution in [2.75, 3.05) is 20.2 Å². The second-order valence-corrected chi connectivity index (χ2v) is 6.09. The summed E-state index contributed by atoms with van der Waals surface area (Å²) < 4.78 is 5.85. The van der Waals surface area contributed by atoms with Crippen LogP contribution in [-0.4, -0.2) is 41.3 Å². The quantitative estimate of drug-likeness (QED) is 0.835. The Morgan fingerprint density at radius 3 is 3.05 bits per heavy atom. The molecule has 1 aliphatic carbocycles. The van der Waals surface area contributed by atoms with Crippen molar-refractivity contribution in [2.24, 2.45) is 5.92 Å². The Bertz CT molecular complexity index is 449. The number of likely N-dealkylation sites (tertiary alicyclic amines) is 1. The first kappa shape index (κ1) is 12.9. The van der Waals surface area contributed by atoms with Crippen molar-refractivity contribution < 1.29 is 4.74 Å². The van der Waals surface area contributed by atoms with Gasteiger partial charge in [0.05, 0.1) is 5.69 Å². The van der Waals surface area contributed by atoms with Crippen LogP contribution in [0.5, 0.6) is 5.88 Å². The highest BCUT2D eigenvalue weighted by Gasteiger charge is 2.22. The molecule has 0 N–H and O–H groups in total. The minimum absolute atomic E-state index is 0.539. The third-order valence-electron chi connectivity index (χ3n) is 4.48. The minimum Gasteiger partial charge on any atom is -0.475 e. The molecule has 1 fully saturated rings. The summed E-state index contributed by atoms with van der Waals surface area (Å²) in [6.45, 7) is 4.22. The molecule has 1 saturated heterocycles. The van der Waals surface area contributed by atoms with Crippen molar-refractivity contribution in [3.63, 3.8) is 0 Å². The Labute approximate surface area is 115 Å². The van der Waals surface area contributed by atoms with Crippen LogP contribution in [0.25, 0.3) is 0 Å². The Kier molecular flexibility index (Phi) is 3.69. The van der Waals surface area contributed by atoms with E-state index in [1.165, 1.54) is 37.1 Å². The molecule has 2 aliphatic rings. The van der Waals surface area contributed by atoms with Gasteiger partial charge in [0.1, 0.15) is 6.61 Å². The lowest BCUT2D eigenvalue weighted by Gasteiger charge is -2.21. The average molecular weight is 261 g/mol. The number of fused-ring (bicyclic) bond motifs is 1. The van der Waals surface area contributed by atoms with Gasteiger partial charge in [-0.05, 0) is 57.2 Å². The number of hydrogen-bond donors (Lipinski definition) is 0. The van der Waals surface area contributed by atoms with E-state index < -0.39 is 0 Å². The molecule has 0 aromatic carbocycles. The lowest BCUT2D eigenvalue weighted by molar-refractivity contribution is 0.191. The number of aromatic nitrogens is 2. The van der Waals surface area contributed by atoms with Crippen molar-refractivity contribution >= 4 is 0 Å². The van der Waals surface area contributed by atoms with Crippen LogP contribution in [0.3, 0.4) is 0 Å². The summed E-state index contributed by atoms with van der Waals surface area (Å²) >= 11 is 0. The molecule has 1 aromatic heterocycles. The zero-order valence-corrected chi connectivity index (χ0v) is 11.9. The Morgan fingerprint density at radius 2 is 2.26 bits per heavy atom. The van der Waals surface area contributed by atoms with E-state index in [2.05, 4.69) is 35.1 Å². The summed E-state index contributed by atoms with van der Waals surface area (Å²) in [6, 6.07) is 2.64. The van der Waals surface area contributed by atoms with Gasteiger partial charge < -0.3 is 9.64 Å². The summed E-state index contributed by atoms with van der Waals surface area (Å²) in [4.78, 5) is 2.37. The second-order valence-electron chi connectivity index (χ2n) is 6.09. The molecule has 3 rings (SSSR count). The normalized spacial score (nSPS) is 27.3. The predicted octanol–water partition coefficient (Wildman–Crippen LogP) is 2.07. The van der Waals surface area contributed by atoms with Gasteiger partial charge in [0.25, 0.3) is 0 Å². The lowest BCUT2D eigenvalue weighted by atomic mass is 9.88. The van der Waals surface area contributed by atoms with Crippen molar-refractivity contribution in [1.82, 2.24) is 15.1 Å². The highest BCUT2D eigenvalue weighted by atomic mass is 16.5. The number of likely N-dealkylation sites (N-methyl/N-ethyl adjacent to an activating group) is 1. The van der Waals surface area contributed by atoms with E-state index in [1.807, 2.05) is 0 Å². The number of rotatable bonds is 3. The first-order valence-electron chi connectivity index (χ1n) is 7.41. The molecule has 0 radical (unpaired) electrons. The van der Waals surface area contributed by atoms with Crippen molar-refractivity contribution in [3.05, 3.63) is 17.3 Å². The van der Waals surface area contributed by atoms with Gasteiger partial charge in [0.2, 0.25) is 5.88 Å². The van der Waals surface area contributed by atoms with Crippen LogP contribution in [0.2, 0.25) is 0 Å². The van der Waals surface area contributed by atoms with Gasteiger partial charge in [0, 0.05) is 12.1 Å². The van der Waals surface area contributed by atoms with Crippen LogP contribution in [-0.2, 0) is 12.8 Å². The monoisotopic (exact) mass is 261 g/mol. The fourth-order valence-corrected chi connectivity index (χ4v) is 3.12. The molecular formula is C15H23N3O. The van der Waals surface area contributed by atoms with E-state index in [-0.39, 0.29) is 0 Å². The van der Waals surface area contributed by atoms with Gasteiger partial charge in [-0.3, -0.25) is 0 Å². The molecule has 2 atom stereocenters. The molecule has 4 heteroatoms. The largest absolute Gasteiger partial charge is 0.475 e. The van der Waals surface area contributed by atoms with Crippen molar-refractivity contribution in [2.45, 2.75) is 45.1 Å². The van der Waals surface area contributed by atoms with Crippen LogP contribution in [0.1, 0.15) is 37.4 Å². The third-order valence-corrected chi connectivity index (χ3v) is 4.48. The summed E-state index contributed by atoms with van der Waals surface area (Å²) in [5, 5.41) is 8.54. The first-order chi connectivity index (χ1) is 9.22. The smallest absolute Gasteiger partial charge is 0.233 e. The van der Waals surface area contributed by atoms with Crippen molar-refractivity contribution in [3.8, 4) is 5.88 Å². The summed E-state index contributed by atoms with van der Waals surface area (Å²) in [6.07, 6.45) is 5.91. The molecule has 0 bridgehead atoms. The van der Waals surface area contributed by atoms with Gasteiger partial charge in [-0.15, -0.1) is 5.10 Å². The van der Waals surface area contributed by atoms with E-state index in [0.717, 1.165) is 25.4 Å². The average Bonchev–Trinajstić information content (AvgIpc) is 2.81. The Balaban J connectivity index is 1.63. The molecule has 4 nitrogen and oxygen atoms in total.